The van der Waals surface area contributed by atoms with Gasteiger partial charge in [-0.2, -0.15) is 0 Å². The molecular weight excluding hydrogens is 136 g/mol. The average Bonchev–Trinajstić information content (AvgIpc) is 2.53. The monoisotopic (exact) mass is 154 g/mol. The van der Waals surface area contributed by atoms with Crippen LogP contribution in [0.3, 0.4) is 0 Å². The first-order valence-corrected chi connectivity index (χ1v) is 4.90. The van der Waals surface area contributed by atoms with Crippen LogP contribution in [0.25, 0.3) is 0 Å². The third kappa shape index (κ3) is 0.868. The minimum Gasteiger partial charge on any atom is -0.396 e. The molecule has 2 aliphatic rings. The van der Waals surface area contributed by atoms with E-state index in [-0.39, 0.29) is 0 Å². The van der Waals surface area contributed by atoms with E-state index in [4.69, 9.17) is 0 Å². The van der Waals surface area contributed by atoms with Gasteiger partial charge in [-0.1, -0.05) is 13.3 Å². The summed E-state index contributed by atoms with van der Waals surface area (Å²) in [6.07, 6.45) is 6.75. The summed E-state index contributed by atoms with van der Waals surface area (Å²) < 4.78 is 0. The molecule has 0 aliphatic heterocycles. The molecule has 2 saturated carbocycles. The van der Waals surface area contributed by atoms with Crippen LogP contribution in [-0.2, 0) is 0 Å². The molecule has 64 valence electrons. The molecule has 1 nitrogen and oxygen atoms in total. The van der Waals surface area contributed by atoms with Crippen LogP contribution < -0.4 is 0 Å². The van der Waals surface area contributed by atoms with Gasteiger partial charge in [0.25, 0.3) is 0 Å². The van der Waals surface area contributed by atoms with Gasteiger partial charge in [0.2, 0.25) is 0 Å². The Morgan fingerprint density at radius 2 is 2.18 bits per heavy atom. The van der Waals surface area contributed by atoms with Crippen LogP contribution in [0, 0.1) is 17.3 Å². The minimum atomic E-state index is 0.361. The smallest absolute Gasteiger partial charge is 0.0492 e. The Bertz CT molecular complexity index is 155. The quantitative estimate of drug-likeness (QED) is 0.614. The lowest BCUT2D eigenvalue weighted by Gasteiger charge is -2.31. The molecule has 0 amide bonds. The molecular formula is C10H18O. The Morgan fingerprint density at radius 1 is 1.36 bits per heavy atom. The molecule has 0 aromatic heterocycles. The van der Waals surface area contributed by atoms with Crippen molar-refractivity contribution in [1.82, 2.24) is 0 Å². The maximum absolute atomic E-state index is 9.40. The highest BCUT2D eigenvalue weighted by Crippen LogP contribution is 2.56. The van der Waals surface area contributed by atoms with E-state index in [1.54, 1.807) is 0 Å². The molecule has 2 aliphatic carbocycles. The third-order valence-corrected chi connectivity index (χ3v) is 4.23. The predicted molar refractivity (Wildman–Crippen MR) is 45.3 cm³/mol. The molecule has 0 saturated heterocycles. The molecule has 0 radical (unpaired) electrons. The summed E-state index contributed by atoms with van der Waals surface area (Å²) in [5, 5.41) is 9.40. The second-order valence-corrected chi connectivity index (χ2v) is 4.46. The normalized spacial score (nSPS) is 49.6. The van der Waals surface area contributed by atoms with Crippen LogP contribution in [0.15, 0.2) is 0 Å². The average molecular weight is 154 g/mol. The lowest BCUT2D eigenvalue weighted by molar-refractivity contribution is 0.0690. The largest absolute Gasteiger partial charge is 0.396 e. The molecule has 0 bridgehead atoms. The highest BCUT2D eigenvalue weighted by molar-refractivity contribution is 4.99. The summed E-state index contributed by atoms with van der Waals surface area (Å²) in [5.74, 6) is 1.64. The highest BCUT2D eigenvalue weighted by Gasteiger charge is 2.49. The fraction of sp³-hybridized carbons (Fsp3) is 1.00. The van der Waals surface area contributed by atoms with Gasteiger partial charge in [0, 0.05) is 6.61 Å². The first kappa shape index (κ1) is 7.60. The van der Waals surface area contributed by atoms with Gasteiger partial charge in [-0.3, -0.25) is 0 Å². The minimum absolute atomic E-state index is 0.361. The molecule has 0 spiro atoms. The molecule has 3 atom stereocenters. The highest BCUT2D eigenvalue weighted by atomic mass is 16.3. The molecule has 2 rings (SSSR count). The molecule has 0 aromatic rings. The molecule has 1 N–H and O–H groups in total. The Balaban J connectivity index is 2.22. The number of fused-ring (bicyclic) bond motifs is 1. The van der Waals surface area contributed by atoms with Crippen molar-refractivity contribution >= 4 is 0 Å². The van der Waals surface area contributed by atoms with Crippen molar-refractivity contribution in [2.24, 2.45) is 17.3 Å². The van der Waals surface area contributed by atoms with Crippen LogP contribution in [-0.4, -0.2) is 11.7 Å². The Morgan fingerprint density at radius 3 is 2.82 bits per heavy atom. The Hall–Kier alpha value is -0.0400. The maximum atomic E-state index is 9.40. The summed E-state index contributed by atoms with van der Waals surface area (Å²) in [7, 11) is 0. The van der Waals surface area contributed by atoms with Crippen molar-refractivity contribution in [2.75, 3.05) is 6.61 Å². The number of rotatable bonds is 1. The van der Waals surface area contributed by atoms with E-state index in [9.17, 15) is 5.11 Å². The van der Waals surface area contributed by atoms with Gasteiger partial charge in [-0.15, -0.1) is 0 Å². The van der Waals surface area contributed by atoms with Crippen LogP contribution in [0.4, 0.5) is 0 Å². The summed E-state index contributed by atoms with van der Waals surface area (Å²) in [4.78, 5) is 0. The molecule has 11 heavy (non-hydrogen) atoms. The fourth-order valence-corrected chi connectivity index (χ4v) is 3.35. The zero-order valence-electron chi connectivity index (χ0n) is 7.34. The molecule has 0 aromatic carbocycles. The molecule has 1 unspecified atom stereocenters. The van der Waals surface area contributed by atoms with Crippen LogP contribution >= 0.6 is 0 Å². The van der Waals surface area contributed by atoms with E-state index in [0.29, 0.717) is 12.0 Å². The van der Waals surface area contributed by atoms with E-state index in [0.717, 1.165) is 11.8 Å². The number of hydrogen-bond acceptors (Lipinski definition) is 1. The summed E-state index contributed by atoms with van der Waals surface area (Å²) in [6.45, 7) is 2.76. The van der Waals surface area contributed by atoms with Gasteiger partial charge >= 0.3 is 0 Å². The van der Waals surface area contributed by atoms with E-state index < -0.39 is 0 Å². The summed E-state index contributed by atoms with van der Waals surface area (Å²) >= 11 is 0. The number of aliphatic hydroxyl groups is 1. The van der Waals surface area contributed by atoms with E-state index in [1.165, 1.54) is 32.1 Å². The SMILES string of the molecule is C[C@@H]1CCC2CCC[C@@]21CO. The second-order valence-electron chi connectivity index (χ2n) is 4.46. The predicted octanol–water partition coefficient (Wildman–Crippen LogP) is 2.20. The van der Waals surface area contributed by atoms with Gasteiger partial charge in [-0.25, -0.2) is 0 Å². The lowest BCUT2D eigenvalue weighted by Crippen LogP contribution is -2.30. The van der Waals surface area contributed by atoms with E-state index in [2.05, 4.69) is 6.92 Å². The Kier molecular flexibility index (Phi) is 1.71. The van der Waals surface area contributed by atoms with Crippen molar-refractivity contribution in [3.63, 3.8) is 0 Å². The number of aliphatic hydroxyl groups excluding tert-OH is 1. The van der Waals surface area contributed by atoms with Crippen molar-refractivity contribution in [1.29, 1.82) is 0 Å². The van der Waals surface area contributed by atoms with Crippen molar-refractivity contribution < 1.29 is 5.11 Å². The Labute approximate surface area is 68.8 Å². The zero-order valence-corrected chi connectivity index (χ0v) is 7.34. The van der Waals surface area contributed by atoms with Gasteiger partial charge < -0.3 is 5.11 Å². The van der Waals surface area contributed by atoms with Crippen molar-refractivity contribution in [3.05, 3.63) is 0 Å². The van der Waals surface area contributed by atoms with Crippen molar-refractivity contribution in [2.45, 2.75) is 39.0 Å². The molecule has 0 heterocycles. The summed E-state index contributed by atoms with van der Waals surface area (Å²) in [5.41, 5.74) is 0.361. The maximum Gasteiger partial charge on any atom is 0.0492 e. The topological polar surface area (TPSA) is 20.2 Å². The van der Waals surface area contributed by atoms with Gasteiger partial charge in [0.05, 0.1) is 0 Å². The van der Waals surface area contributed by atoms with Crippen LogP contribution in [0.1, 0.15) is 39.0 Å². The lowest BCUT2D eigenvalue weighted by atomic mass is 9.75. The first-order valence-electron chi connectivity index (χ1n) is 4.90. The van der Waals surface area contributed by atoms with E-state index >= 15 is 0 Å². The molecule has 2 fully saturated rings. The standard InChI is InChI=1S/C10H18O/c1-8-4-5-9-3-2-6-10(8,9)7-11/h8-9,11H,2-7H2,1H3/t8-,9?,10+/m1/s1. The fourth-order valence-electron chi connectivity index (χ4n) is 3.35. The van der Waals surface area contributed by atoms with Crippen LogP contribution in [0.2, 0.25) is 0 Å². The summed E-state index contributed by atoms with van der Waals surface area (Å²) in [6, 6.07) is 0. The number of hydrogen-bond donors (Lipinski definition) is 1. The first-order chi connectivity index (χ1) is 5.29. The van der Waals surface area contributed by atoms with Crippen LogP contribution in [0.5, 0.6) is 0 Å². The third-order valence-electron chi connectivity index (χ3n) is 4.23. The van der Waals surface area contributed by atoms with Gasteiger partial charge in [0.1, 0.15) is 0 Å². The van der Waals surface area contributed by atoms with Gasteiger partial charge in [-0.05, 0) is 42.9 Å². The van der Waals surface area contributed by atoms with E-state index in [1.807, 2.05) is 0 Å². The molecule has 1 heteroatoms. The zero-order chi connectivity index (χ0) is 7.90. The van der Waals surface area contributed by atoms with Gasteiger partial charge in [0.15, 0.2) is 0 Å². The second kappa shape index (κ2) is 2.48. The van der Waals surface area contributed by atoms with Crippen molar-refractivity contribution in [3.8, 4) is 0 Å².